The van der Waals surface area contributed by atoms with E-state index in [1.165, 1.54) is 11.3 Å². The highest BCUT2D eigenvalue weighted by Gasteiger charge is 2.10. The molecule has 1 aromatic carbocycles. The molecule has 0 aliphatic carbocycles. The van der Waals surface area contributed by atoms with E-state index >= 15 is 0 Å². The van der Waals surface area contributed by atoms with E-state index in [1.54, 1.807) is 12.1 Å². The Morgan fingerprint density at radius 2 is 1.71 bits per heavy atom. The fraction of sp³-hybridized carbons (Fsp3) is 0.111. The van der Waals surface area contributed by atoms with Gasteiger partial charge < -0.3 is 4.74 Å². The van der Waals surface area contributed by atoms with Gasteiger partial charge in [-0.3, -0.25) is 0 Å². The van der Waals surface area contributed by atoms with Gasteiger partial charge in [-0.05, 0) is 23.7 Å². The van der Waals surface area contributed by atoms with Crippen LogP contribution in [0, 0.1) is 0 Å². The van der Waals surface area contributed by atoms with Gasteiger partial charge in [-0.25, -0.2) is 0 Å². The summed E-state index contributed by atoms with van der Waals surface area (Å²) in [6.07, 6.45) is 0. The molecule has 2 aromatic rings. The summed E-state index contributed by atoms with van der Waals surface area (Å²) >= 11 is 24.6. The van der Waals surface area contributed by atoms with Gasteiger partial charge in [0.05, 0.1) is 10.0 Å². The van der Waals surface area contributed by atoms with Gasteiger partial charge >= 0.3 is 0 Å². The lowest BCUT2D eigenvalue weighted by atomic mass is 10.3. The molecule has 0 N–H and O–H groups in total. The first-order valence-electron chi connectivity index (χ1n) is 4.31. The Labute approximate surface area is 121 Å². The standard InChI is InChI=1S/C9H4Cl4N2OS/c10-4-1-5(11)8(6(12)2-4)16-3-7-14-15-9(13)17-7/h1-2H,3H2. The highest BCUT2D eigenvalue weighted by atomic mass is 35.5. The fourth-order valence-corrected chi connectivity index (χ4v) is 2.80. The molecule has 0 radical (unpaired) electrons. The summed E-state index contributed by atoms with van der Waals surface area (Å²) in [7, 11) is 0. The van der Waals surface area contributed by atoms with Gasteiger partial charge in [0.2, 0.25) is 4.47 Å². The number of hydrogen-bond acceptors (Lipinski definition) is 4. The first-order chi connectivity index (χ1) is 8.06. The predicted octanol–water partition coefficient (Wildman–Crippen LogP) is 4.73. The second-order valence-electron chi connectivity index (χ2n) is 2.94. The van der Waals surface area contributed by atoms with Crippen LogP contribution in [0.5, 0.6) is 5.75 Å². The topological polar surface area (TPSA) is 35.0 Å². The monoisotopic (exact) mass is 328 g/mol. The van der Waals surface area contributed by atoms with Crippen LogP contribution >= 0.6 is 57.7 Å². The molecular weight excluding hydrogens is 326 g/mol. The maximum absolute atomic E-state index is 5.95. The number of rotatable bonds is 3. The molecule has 0 atom stereocenters. The van der Waals surface area contributed by atoms with Crippen LogP contribution in [0.3, 0.4) is 0 Å². The molecule has 0 spiro atoms. The third-order valence-electron chi connectivity index (χ3n) is 1.75. The van der Waals surface area contributed by atoms with Crippen LogP contribution in [-0.2, 0) is 6.61 Å². The van der Waals surface area contributed by atoms with Crippen molar-refractivity contribution in [1.29, 1.82) is 0 Å². The van der Waals surface area contributed by atoms with Crippen LogP contribution in [0.25, 0.3) is 0 Å². The van der Waals surface area contributed by atoms with E-state index < -0.39 is 0 Å². The molecule has 3 nitrogen and oxygen atoms in total. The first kappa shape index (κ1) is 13.2. The second kappa shape index (κ2) is 5.59. The Morgan fingerprint density at radius 1 is 1.06 bits per heavy atom. The van der Waals surface area contributed by atoms with Crippen LogP contribution < -0.4 is 4.74 Å². The molecule has 0 amide bonds. The molecule has 0 unspecified atom stereocenters. The van der Waals surface area contributed by atoms with Gasteiger partial charge in [0, 0.05) is 5.02 Å². The largest absolute Gasteiger partial charge is 0.483 e. The maximum atomic E-state index is 5.95. The zero-order chi connectivity index (χ0) is 12.4. The molecule has 0 saturated heterocycles. The third-order valence-corrected chi connectivity index (χ3v) is 3.52. The summed E-state index contributed by atoms with van der Waals surface area (Å²) in [5, 5.41) is 9.24. The van der Waals surface area contributed by atoms with Crippen LogP contribution in [0.2, 0.25) is 19.5 Å². The van der Waals surface area contributed by atoms with Crippen molar-refractivity contribution in [3.8, 4) is 5.75 Å². The lowest BCUT2D eigenvalue weighted by Crippen LogP contribution is -1.96. The molecule has 8 heteroatoms. The van der Waals surface area contributed by atoms with E-state index in [0.717, 1.165) is 0 Å². The smallest absolute Gasteiger partial charge is 0.207 e. The number of aromatic nitrogens is 2. The van der Waals surface area contributed by atoms with Gasteiger partial charge in [-0.15, -0.1) is 10.2 Å². The summed E-state index contributed by atoms with van der Waals surface area (Å²) < 4.78 is 5.81. The summed E-state index contributed by atoms with van der Waals surface area (Å²) in [6, 6.07) is 3.11. The van der Waals surface area contributed by atoms with Crippen LogP contribution in [0.4, 0.5) is 0 Å². The maximum Gasteiger partial charge on any atom is 0.207 e. The van der Waals surface area contributed by atoms with Gasteiger partial charge in [0.15, 0.2) is 10.8 Å². The summed E-state index contributed by atoms with van der Waals surface area (Å²) in [6.45, 7) is 0.200. The number of nitrogens with zero attached hydrogens (tertiary/aromatic N) is 2. The van der Waals surface area contributed by atoms with Crippen molar-refractivity contribution in [2.24, 2.45) is 0 Å². The van der Waals surface area contributed by atoms with Crippen molar-refractivity contribution in [3.05, 3.63) is 36.7 Å². The van der Waals surface area contributed by atoms with Crippen LogP contribution in [0.15, 0.2) is 12.1 Å². The minimum Gasteiger partial charge on any atom is -0.483 e. The molecule has 1 heterocycles. The van der Waals surface area contributed by atoms with Crippen LogP contribution in [0.1, 0.15) is 5.01 Å². The van der Waals surface area contributed by atoms with Crippen molar-refractivity contribution in [3.63, 3.8) is 0 Å². The lowest BCUT2D eigenvalue weighted by molar-refractivity contribution is 0.305. The van der Waals surface area contributed by atoms with E-state index in [-0.39, 0.29) is 6.61 Å². The molecule has 0 aliphatic heterocycles. The Bertz CT molecular complexity index is 523. The van der Waals surface area contributed by atoms with Crippen molar-refractivity contribution in [1.82, 2.24) is 10.2 Å². The molecule has 0 bridgehead atoms. The molecule has 2 rings (SSSR count). The molecule has 90 valence electrons. The molecule has 0 aliphatic rings. The summed E-state index contributed by atoms with van der Waals surface area (Å²) in [5.41, 5.74) is 0. The van der Waals surface area contributed by atoms with E-state index in [4.69, 9.17) is 51.1 Å². The van der Waals surface area contributed by atoms with E-state index in [1.807, 2.05) is 0 Å². The first-order valence-corrected chi connectivity index (χ1v) is 6.64. The molecule has 17 heavy (non-hydrogen) atoms. The Balaban J connectivity index is 2.14. The average Bonchev–Trinajstić information content (AvgIpc) is 2.62. The quantitative estimate of drug-likeness (QED) is 0.816. The highest BCUT2D eigenvalue weighted by Crippen LogP contribution is 2.36. The minimum atomic E-state index is 0.200. The normalized spacial score (nSPS) is 10.6. The molecular formula is C9H4Cl4N2OS. The molecule has 0 saturated carbocycles. The van der Waals surface area contributed by atoms with Gasteiger partial charge in [0.25, 0.3) is 0 Å². The summed E-state index contributed by atoms with van der Waals surface area (Å²) in [4.78, 5) is 0. The van der Waals surface area contributed by atoms with Crippen molar-refractivity contribution >= 4 is 57.7 Å². The van der Waals surface area contributed by atoms with Crippen molar-refractivity contribution in [2.75, 3.05) is 0 Å². The minimum absolute atomic E-state index is 0.200. The van der Waals surface area contributed by atoms with Crippen molar-refractivity contribution < 1.29 is 4.74 Å². The molecule has 1 aromatic heterocycles. The van der Waals surface area contributed by atoms with Gasteiger partial charge in [-0.2, -0.15) is 0 Å². The Hall–Kier alpha value is -0.260. The highest BCUT2D eigenvalue weighted by molar-refractivity contribution is 7.15. The predicted molar refractivity (Wildman–Crippen MR) is 70.7 cm³/mol. The average molecular weight is 330 g/mol. The number of halogens is 4. The third kappa shape index (κ3) is 3.36. The van der Waals surface area contributed by atoms with E-state index in [0.29, 0.717) is 30.3 Å². The van der Waals surface area contributed by atoms with Crippen molar-refractivity contribution in [2.45, 2.75) is 6.61 Å². The lowest BCUT2D eigenvalue weighted by Gasteiger charge is -2.08. The van der Waals surface area contributed by atoms with E-state index in [2.05, 4.69) is 10.2 Å². The van der Waals surface area contributed by atoms with Gasteiger partial charge in [0.1, 0.15) is 6.61 Å². The molecule has 0 fully saturated rings. The Kier molecular flexibility index (Phi) is 4.33. The SMILES string of the molecule is Clc1cc(Cl)c(OCc2nnc(Cl)s2)c(Cl)c1. The zero-order valence-corrected chi connectivity index (χ0v) is 11.9. The zero-order valence-electron chi connectivity index (χ0n) is 8.08. The van der Waals surface area contributed by atoms with E-state index in [9.17, 15) is 0 Å². The number of ether oxygens (including phenoxy) is 1. The van der Waals surface area contributed by atoms with Crippen LogP contribution in [-0.4, -0.2) is 10.2 Å². The summed E-state index contributed by atoms with van der Waals surface area (Å²) in [5.74, 6) is 0.365. The fourth-order valence-electron chi connectivity index (χ4n) is 1.09. The second-order valence-corrected chi connectivity index (χ2v) is 5.83. The number of benzene rings is 1. The van der Waals surface area contributed by atoms with Gasteiger partial charge in [-0.1, -0.05) is 46.1 Å². The number of hydrogen-bond donors (Lipinski definition) is 0. The Morgan fingerprint density at radius 3 is 2.24 bits per heavy atom.